The van der Waals surface area contributed by atoms with Crippen molar-refractivity contribution in [2.24, 2.45) is 0 Å². The number of ketones is 1. The first-order valence-electron chi connectivity index (χ1n) is 10.4. The summed E-state index contributed by atoms with van der Waals surface area (Å²) in [4.78, 5) is 48.2. The fourth-order valence-electron chi connectivity index (χ4n) is 3.77. The van der Waals surface area contributed by atoms with Gasteiger partial charge in [0.15, 0.2) is 16.4 Å². The van der Waals surface area contributed by atoms with Crippen LogP contribution in [-0.4, -0.2) is 80.4 Å². The average molecular weight is 490 g/mol. The minimum Gasteiger partial charge on any atom is -0.389 e. The number of carbonyl (C=O) groups is 3. The molecule has 1 fully saturated rings. The number of piperidine rings is 1. The first-order valence-corrected chi connectivity index (χ1v) is 10.8. The number of nitrogens with zero attached hydrogens (tertiary/aromatic N) is 5. The molecule has 10 nitrogen and oxygen atoms in total. The molecule has 3 aromatic rings. The molecule has 0 atom stereocenters. The van der Waals surface area contributed by atoms with Gasteiger partial charge in [-0.2, -0.15) is 0 Å². The topological polar surface area (TPSA) is 130 Å². The second-order valence-corrected chi connectivity index (χ2v) is 8.75. The van der Waals surface area contributed by atoms with Crippen LogP contribution in [0, 0.1) is 5.82 Å². The third kappa shape index (κ3) is 4.62. The smallest absolute Gasteiger partial charge is 0.298 e. The number of hydrogen-bond donors (Lipinski definition) is 1. The molecule has 0 saturated carbocycles. The Morgan fingerprint density at radius 2 is 1.82 bits per heavy atom. The van der Waals surface area contributed by atoms with E-state index in [0.29, 0.717) is 6.42 Å². The number of aromatic nitrogens is 3. The molecule has 1 N–H and O–H groups in total. The zero-order chi connectivity index (χ0) is 24.6. The Morgan fingerprint density at radius 3 is 2.44 bits per heavy atom. The molecular weight excluding hydrogens is 469 g/mol. The van der Waals surface area contributed by atoms with Gasteiger partial charge in [-0.3, -0.25) is 14.4 Å². The van der Waals surface area contributed by atoms with E-state index >= 15 is 0 Å². The largest absolute Gasteiger partial charge is 0.389 e. The second kappa shape index (κ2) is 9.07. The Kier molecular flexibility index (Phi) is 6.32. The lowest BCUT2D eigenvalue weighted by molar-refractivity contribution is -0.124. The molecule has 0 bridgehead atoms. The van der Waals surface area contributed by atoms with Gasteiger partial charge in [-0.1, -0.05) is 28.9 Å². The maximum Gasteiger partial charge on any atom is 0.298 e. The number of carbonyl (C=O) groups excluding carboxylic acids is 3. The van der Waals surface area contributed by atoms with E-state index in [1.165, 1.54) is 31.1 Å². The summed E-state index contributed by atoms with van der Waals surface area (Å²) >= 11 is 6.15. The number of likely N-dealkylation sites (N-methyl/N-ethyl adjacent to an activating group) is 1. The molecule has 3 heterocycles. The van der Waals surface area contributed by atoms with E-state index in [0.717, 1.165) is 10.5 Å². The Hall–Kier alpha value is -3.44. The van der Waals surface area contributed by atoms with Crippen molar-refractivity contribution in [3.05, 3.63) is 52.3 Å². The zero-order valence-electron chi connectivity index (χ0n) is 18.4. The molecule has 34 heavy (non-hydrogen) atoms. The van der Waals surface area contributed by atoms with Crippen molar-refractivity contribution in [2.75, 3.05) is 27.2 Å². The highest BCUT2D eigenvalue weighted by Gasteiger charge is 2.36. The number of fused-ring (bicyclic) bond motifs is 1. The molecule has 178 valence electrons. The number of aliphatic hydroxyl groups is 1. The Morgan fingerprint density at radius 1 is 1.18 bits per heavy atom. The molecule has 2 aromatic heterocycles. The van der Waals surface area contributed by atoms with Crippen LogP contribution in [0.2, 0.25) is 5.15 Å². The molecule has 2 amide bonds. The summed E-state index contributed by atoms with van der Waals surface area (Å²) in [6.45, 7) is 0.447. The van der Waals surface area contributed by atoms with Gasteiger partial charge in [0, 0.05) is 33.6 Å². The van der Waals surface area contributed by atoms with Gasteiger partial charge in [-0.05, 0) is 30.5 Å². The van der Waals surface area contributed by atoms with Gasteiger partial charge in [0.05, 0.1) is 5.60 Å². The van der Waals surface area contributed by atoms with Gasteiger partial charge >= 0.3 is 0 Å². The Labute approximate surface area is 198 Å². The molecule has 1 aliphatic heterocycles. The van der Waals surface area contributed by atoms with E-state index in [9.17, 15) is 23.9 Å². The summed E-state index contributed by atoms with van der Waals surface area (Å²) in [5, 5.41) is 14.3. The van der Waals surface area contributed by atoms with Crippen LogP contribution in [0.4, 0.5) is 4.39 Å². The summed E-state index contributed by atoms with van der Waals surface area (Å²) in [6.07, 6.45) is 0.906. The van der Waals surface area contributed by atoms with E-state index in [2.05, 4.69) is 15.1 Å². The second-order valence-electron chi connectivity index (χ2n) is 8.40. The standard InChI is InChI=1S/C22H21ClFN5O5/c1-28(2)21(32)16(30)17-14-19(27-34-17)26-18(23)15(25-14)20(31)29-9-7-22(33,8-10-29)11-12-3-5-13(24)6-4-12/h3-6,33H,7-11H2,1-2H3. The fourth-order valence-corrected chi connectivity index (χ4v) is 3.98. The zero-order valence-corrected chi connectivity index (χ0v) is 19.2. The van der Waals surface area contributed by atoms with Crippen molar-refractivity contribution in [1.82, 2.24) is 24.9 Å². The quantitative estimate of drug-likeness (QED) is 0.425. The van der Waals surface area contributed by atoms with Crippen molar-refractivity contribution < 1.29 is 28.4 Å². The monoisotopic (exact) mass is 489 g/mol. The van der Waals surface area contributed by atoms with Crippen molar-refractivity contribution in [1.29, 1.82) is 0 Å². The van der Waals surface area contributed by atoms with E-state index in [-0.39, 0.29) is 53.8 Å². The number of halogens is 2. The van der Waals surface area contributed by atoms with Crippen LogP contribution in [0.15, 0.2) is 28.8 Å². The van der Waals surface area contributed by atoms with Gasteiger partial charge in [-0.15, -0.1) is 0 Å². The molecule has 0 spiro atoms. The van der Waals surface area contributed by atoms with E-state index in [4.69, 9.17) is 16.1 Å². The summed E-state index contributed by atoms with van der Waals surface area (Å²) in [7, 11) is 2.81. The molecule has 12 heteroatoms. The third-order valence-corrected chi connectivity index (χ3v) is 5.97. The predicted octanol–water partition coefficient (Wildman–Crippen LogP) is 1.89. The number of likely N-dealkylation sites (tertiary alicyclic amines) is 1. The van der Waals surface area contributed by atoms with Crippen LogP contribution in [0.5, 0.6) is 0 Å². The number of Topliss-reactive ketones (excluding diaryl/α,β-unsaturated/α-hetero) is 1. The SMILES string of the molecule is CN(C)C(=O)C(=O)c1onc2nc(Cl)c(C(=O)N3CCC(O)(Cc4ccc(F)cc4)CC3)nc12. The van der Waals surface area contributed by atoms with Crippen LogP contribution in [0.1, 0.15) is 39.4 Å². The maximum absolute atomic E-state index is 13.1. The van der Waals surface area contributed by atoms with Crippen molar-refractivity contribution in [3.63, 3.8) is 0 Å². The highest BCUT2D eigenvalue weighted by molar-refractivity contribution is 6.43. The number of hydrogen-bond acceptors (Lipinski definition) is 8. The normalized spacial score (nSPS) is 15.4. The Bertz CT molecular complexity index is 1270. The fraction of sp³-hybridized carbons (Fsp3) is 0.364. The van der Waals surface area contributed by atoms with Crippen molar-refractivity contribution in [2.45, 2.75) is 24.9 Å². The van der Waals surface area contributed by atoms with Crippen LogP contribution in [0.3, 0.4) is 0 Å². The lowest BCUT2D eigenvalue weighted by Crippen LogP contribution is -2.48. The lowest BCUT2D eigenvalue weighted by Gasteiger charge is -2.38. The average Bonchev–Trinajstić information content (AvgIpc) is 3.21. The lowest BCUT2D eigenvalue weighted by atomic mass is 9.85. The van der Waals surface area contributed by atoms with Gasteiger partial charge in [0.25, 0.3) is 17.6 Å². The van der Waals surface area contributed by atoms with Crippen LogP contribution in [-0.2, 0) is 11.2 Å². The van der Waals surface area contributed by atoms with Gasteiger partial charge in [-0.25, -0.2) is 14.4 Å². The molecule has 0 aliphatic carbocycles. The molecule has 1 aromatic carbocycles. The van der Waals surface area contributed by atoms with Crippen molar-refractivity contribution in [3.8, 4) is 0 Å². The summed E-state index contributed by atoms with van der Waals surface area (Å²) in [5.74, 6) is -3.15. The first-order chi connectivity index (χ1) is 16.1. The van der Waals surface area contributed by atoms with Crippen molar-refractivity contribution >= 4 is 40.4 Å². The maximum atomic E-state index is 13.1. The highest BCUT2D eigenvalue weighted by atomic mass is 35.5. The number of benzene rings is 1. The van der Waals surface area contributed by atoms with E-state index in [1.807, 2.05) is 0 Å². The molecule has 0 unspecified atom stereocenters. The molecule has 1 saturated heterocycles. The summed E-state index contributed by atoms with van der Waals surface area (Å²) < 4.78 is 18.1. The highest BCUT2D eigenvalue weighted by Crippen LogP contribution is 2.28. The van der Waals surface area contributed by atoms with Gasteiger partial charge < -0.3 is 19.4 Å². The number of rotatable bonds is 5. The van der Waals surface area contributed by atoms with Gasteiger partial charge in [0.2, 0.25) is 11.4 Å². The third-order valence-electron chi connectivity index (χ3n) is 5.71. The molecule has 4 rings (SSSR count). The number of amides is 2. The minimum atomic E-state index is -1.05. The van der Waals surface area contributed by atoms with Crippen LogP contribution >= 0.6 is 11.6 Å². The molecule has 1 aliphatic rings. The molecular formula is C22H21ClFN5O5. The summed E-state index contributed by atoms with van der Waals surface area (Å²) in [5.41, 5.74) is -0.719. The predicted molar refractivity (Wildman–Crippen MR) is 118 cm³/mol. The minimum absolute atomic E-state index is 0.108. The molecule has 0 radical (unpaired) electrons. The first kappa shape index (κ1) is 23.7. The summed E-state index contributed by atoms with van der Waals surface area (Å²) in [6, 6.07) is 5.91. The Balaban J connectivity index is 1.52. The van der Waals surface area contributed by atoms with E-state index < -0.39 is 29.0 Å². The van der Waals surface area contributed by atoms with Crippen LogP contribution < -0.4 is 0 Å². The van der Waals surface area contributed by atoms with Gasteiger partial charge in [0.1, 0.15) is 5.82 Å². The van der Waals surface area contributed by atoms with E-state index in [1.54, 1.807) is 12.1 Å². The van der Waals surface area contributed by atoms with Crippen LogP contribution in [0.25, 0.3) is 11.2 Å².